The second-order valence-corrected chi connectivity index (χ2v) is 5.84. The van der Waals surface area contributed by atoms with Gasteiger partial charge >= 0.3 is 0 Å². The van der Waals surface area contributed by atoms with Gasteiger partial charge in [-0.1, -0.05) is 30.3 Å². The Morgan fingerprint density at radius 3 is 2.50 bits per heavy atom. The molecule has 1 heterocycles. The van der Waals surface area contributed by atoms with Gasteiger partial charge in [0, 0.05) is 31.8 Å². The maximum atomic E-state index is 12.3. The summed E-state index contributed by atoms with van der Waals surface area (Å²) in [5.41, 5.74) is 2.54. The molecule has 3 rings (SSSR count). The molecule has 0 saturated carbocycles. The number of rotatable bonds is 4. The number of pyridine rings is 1. The van der Waals surface area contributed by atoms with Crippen LogP contribution < -0.4 is 15.8 Å². The van der Waals surface area contributed by atoms with Crippen LogP contribution in [-0.2, 0) is 6.54 Å². The Morgan fingerprint density at radius 2 is 1.79 bits per heavy atom. The van der Waals surface area contributed by atoms with Crippen LogP contribution in [0.25, 0.3) is 10.9 Å². The highest BCUT2D eigenvalue weighted by Crippen LogP contribution is 2.13. The van der Waals surface area contributed by atoms with Crippen LogP contribution in [0, 0.1) is 0 Å². The van der Waals surface area contributed by atoms with E-state index in [1.807, 2.05) is 67.5 Å². The molecule has 5 nitrogen and oxygen atoms in total. The molecule has 0 saturated heterocycles. The summed E-state index contributed by atoms with van der Waals surface area (Å²) in [5.74, 6) is -0.376. The number of fused-ring (bicyclic) bond motifs is 1. The van der Waals surface area contributed by atoms with Gasteiger partial charge in [0.05, 0.1) is 0 Å². The Morgan fingerprint density at radius 1 is 1.08 bits per heavy atom. The third kappa shape index (κ3) is 3.30. The van der Waals surface area contributed by atoms with Crippen molar-refractivity contribution in [1.29, 1.82) is 0 Å². The molecule has 0 bridgehead atoms. The number of anilines is 1. The van der Waals surface area contributed by atoms with E-state index in [0.717, 1.165) is 22.2 Å². The predicted octanol–water partition coefficient (Wildman–Crippen LogP) is 2.52. The summed E-state index contributed by atoms with van der Waals surface area (Å²) in [6.45, 7) is 0.374. The molecule has 2 N–H and O–H groups in total. The SMILES string of the molecule is CN(C)c1ccc(CNC(=O)c2cc3ccccc3[nH]c2=O)cc1. The molecule has 5 heteroatoms. The molecule has 1 aromatic heterocycles. The average molecular weight is 321 g/mol. The molecule has 0 aliphatic rings. The molecule has 0 radical (unpaired) electrons. The number of para-hydroxylation sites is 1. The maximum Gasteiger partial charge on any atom is 0.261 e. The molecule has 0 aliphatic carbocycles. The van der Waals surface area contributed by atoms with Gasteiger partial charge in [0.2, 0.25) is 0 Å². The highest BCUT2D eigenvalue weighted by molar-refractivity contribution is 5.97. The van der Waals surface area contributed by atoms with Crippen LogP contribution in [0.15, 0.2) is 59.4 Å². The van der Waals surface area contributed by atoms with Gasteiger partial charge in [-0.3, -0.25) is 9.59 Å². The third-order valence-electron chi connectivity index (χ3n) is 3.90. The van der Waals surface area contributed by atoms with Crippen molar-refractivity contribution >= 4 is 22.5 Å². The standard InChI is InChI=1S/C19H19N3O2/c1-22(2)15-9-7-13(8-10-15)12-20-18(23)16-11-14-5-3-4-6-17(14)21-19(16)24/h3-11H,12H2,1-2H3,(H,20,23)(H,21,24). The molecule has 122 valence electrons. The number of aromatic amines is 1. The van der Waals surface area contributed by atoms with Gasteiger partial charge in [-0.15, -0.1) is 0 Å². The zero-order chi connectivity index (χ0) is 17.1. The normalized spacial score (nSPS) is 10.6. The first-order valence-corrected chi connectivity index (χ1v) is 7.71. The minimum absolute atomic E-state index is 0.124. The highest BCUT2D eigenvalue weighted by Gasteiger charge is 2.11. The summed E-state index contributed by atoms with van der Waals surface area (Å²) in [5, 5.41) is 3.63. The van der Waals surface area contributed by atoms with Crippen LogP contribution >= 0.6 is 0 Å². The Labute approximate surface area is 139 Å². The second kappa shape index (κ2) is 6.58. The number of aromatic nitrogens is 1. The first-order valence-electron chi connectivity index (χ1n) is 7.71. The molecule has 0 atom stereocenters. The summed E-state index contributed by atoms with van der Waals surface area (Å²) in [6, 6.07) is 16.9. The minimum Gasteiger partial charge on any atom is -0.378 e. The number of hydrogen-bond donors (Lipinski definition) is 2. The zero-order valence-electron chi connectivity index (χ0n) is 13.7. The van der Waals surface area contributed by atoms with Gasteiger partial charge < -0.3 is 15.2 Å². The van der Waals surface area contributed by atoms with Crippen molar-refractivity contribution in [1.82, 2.24) is 10.3 Å². The fourth-order valence-electron chi connectivity index (χ4n) is 2.51. The van der Waals surface area contributed by atoms with Crippen molar-refractivity contribution in [3.63, 3.8) is 0 Å². The molecule has 0 aliphatic heterocycles. The van der Waals surface area contributed by atoms with Crippen molar-refractivity contribution in [3.05, 3.63) is 76.1 Å². The average Bonchev–Trinajstić information content (AvgIpc) is 2.59. The first-order chi connectivity index (χ1) is 11.5. The molecule has 2 aromatic carbocycles. The molecule has 1 amide bonds. The number of carbonyl (C=O) groups excluding carboxylic acids is 1. The Kier molecular flexibility index (Phi) is 4.33. The second-order valence-electron chi connectivity index (χ2n) is 5.84. The summed E-state index contributed by atoms with van der Waals surface area (Å²) in [6.07, 6.45) is 0. The topological polar surface area (TPSA) is 65.2 Å². The van der Waals surface area contributed by atoms with E-state index >= 15 is 0 Å². The molecule has 0 unspecified atom stereocenters. The summed E-state index contributed by atoms with van der Waals surface area (Å²) < 4.78 is 0. The number of H-pyrrole nitrogens is 1. The lowest BCUT2D eigenvalue weighted by Crippen LogP contribution is -2.29. The van der Waals surface area contributed by atoms with Crippen molar-refractivity contribution in [2.75, 3.05) is 19.0 Å². The number of benzene rings is 2. The Balaban J connectivity index is 1.75. The van der Waals surface area contributed by atoms with Crippen molar-refractivity contribution in [2.24, 2.45) is 0 Å². The van der Waals surface area contributed by atoms with Crippen LogP contribution in [0.1, 0.15) is 15.9 Å². The van der Waals surface area contributed by atoms with Gasteiger partial charge in [0.25, 0.3) is 11.5 Å². The lowest BCUT2D eigenvalue weighted by molar-refractivity contribution is 0.0949. The molecule has 3 aromatic rings. The fourth-order valence-corrected chi connectivity index (χ4v) is 2.51. The molecule has 0 fully saturated rings. The van der Waals surface area contributed by atoms with E-state index in [-0.39, 0.29) is 17.0 Å². The lowest BCUT2D eigenvalue weighted by Gasteiger charge is -2.13. The minimum atomic E-state index is -0.380. The van der Waals surface area contributed by atoms with Gasteiger partial charge in [-0.2, -0.15) is 0 Å². The van der Waals surface area contributed by atoms with Crippen LogP contribution in [-0.4, -0.2) is 25.0 Å². The summed E-state index contributed by atoms with van der Waals surface area (Å²) >= 11 is 0. The number of nitrogens with zero attached hydrogens (tertiary/aromatic N) is 1. The van der Waals surface area contributed by atoms with Crippen molar-refractivity contribution < 1.29 is 4.79 Å². The van der Waals surface area contributed by atoms with E-state index in [1.165, 1.54) is 0 Å². The van der Waals surface area contributed by atoms with E-state index in [0.29, 0.717) is 6.54 Å². The van der Waals surface area contributed by atoms with E-state index in [4.69, 9.17) is 0 Å². The van der Waals surface area contributed by atoms with E-state index in [2.05, 4.69) is 10.3 Å². The Bertz CT molecular complexity index is 927. The highest BCUT2D eigenvalue weighted by atomic mass is 16.2. The van der Waals surface area contributed by atoms with Gasteiger partial charge in [0.1, 0.15) is 5.56 Å². The zero-order valence-corrected chi connectivity index (χ0v) is 13.7. The molecular weight excluding hydrogens is 302 g/mol. The number of amides is 1. The van der Waals surface area contributed by atoms with E-state index < -0.39 is 0 Å². The number of hydrogen-bond acceptors (Lipinski definition) is 3. The summed E-state index contributed by atoms with van der Waals surface area (Å²) in [4.78, 5) is 29.1. The third-order valence-corrected chi connectivity index (χ3v) is 3.90. The van der Waals surface area contributed by atoms with Gasteiger partial charge in [0.15, 0.2) is 0 Å². The first kappa shape index (κ1) is 15.8. The molecule has 24 heavy (non-hydrogen) atoms. The molecular formula is C19H19N3O2. The fraction of sp³-hybridized carbons (Fsp3) is 0.158. The van der Waals surface area contributed by atoms with Crippen molar-refractivity contribution in [3.8, 4) is 0 Å². The number of nitrogens with one attached hydrogen (secondary N) is 2. The van der Waals surface area contributed by atoms with Crippen LogP contribution in [0.3, 0.4) is 0 Å². The summed E-state index contributed by atoms with van der Waals surface area (Å²) in [7, 11) is 3.95. The van der Waals surface area contributed by atoms with Crippen molar-refractivity contribution in [2.45, 2.75) is 6.54 Å². The maximum absolute atomic E-state index is 12.3. The monoisotopic (exact) mass is 321 g/mol. The van der Waals surface area contributed by atoms with Crippen LogP contribution in [0.5, 0.6) is 0 Å². The smallest absolute Gasteiger partial charge is 0.261 e. The largest absolute Gasteiger partial charge is 0.378 e. The quantitative estimate of drug-likeness (QED) is 0.776. The van der Waals surface area contributed by atoms with E-state index in [9.17, 15) is 9.59 Å². The Hall–Kier alpha value is -3.08. The van der Waals surface area contributed by atoms with Crippen LogP contribution in [0.4, 0.5) is 5.69 Å². The predicted molar refractivity (Wildman–Crippen MR) is 96.5 cm³/mol. The number of carbonyl (C=O) groups is 1. The van der Waals surface area contributed by atoms with Crippen LogP contribution in [0.2, 0.25) is 0 Å². The molecule has 0 spiro atoms. The van der Waals surface area contributed by atoms with E-state index in [1.54, 1.807) is 6.07 Å². The van der Waals surface area contributed by atoms with Gasteiger partial charge in [-0.25, -0.2) is 0 Å². The lowest BCUT2D eigenvalue weighted by atomic mass is 10.1. The van der Waals surface area contributed by atoms with Gasteiger partial charge in [-0.05, 0) is 35.2 Å².